The molecule has 0 bridgehead atoms. The van der Waals surface area contributed by atoms with Crippen molar-refractivity contribution in [1.29, 1.82) is 0 Å². The van der Waals surface area contributed by atoms with Crippen molar-refractivity contribution in [2.75, 3.05) is 14.1 Å². The maximum Gasteiger partial charge on any atom is 0.304 e. The Labute approximate surface area is 79.7 Å². The first-order chi connectivity index (χ1) is 5.86. The Kier molecular flexibility index (Phi) is 4.95. The van der Waals surface area contributed by atoms with Crippen LogP contribution in [0.3, 0.4) is 0 Å². The van der Waals surface area contributed by atoms with Crippen LogP contribution in [0.1, 0.15) is 20.3 Å². The highest BCUT2D eigenvalue weighted by Crippen LogP contribution is 2.12. The molecule has 78 valence electrons. The summed E-state index contributed by atoms with van der Waals surface area (Å²) in [5.41, 5.74) is 5.80. The summed E-state index contributed by atoms with van der Waals surface area (Å²) in [5.74, 6) is -0.468. The molecule has 0 amide bonds. The van der Waals surface area contributed by atoms with Crippen molar-refractivity contribution in [3.05, 3.63) is 0 Å². The molecule has 0 aromatic rings. The van der Waals surface area contributed by atoms with Gasteiger partial charge in [0, 0.05) is 12.1 Å². The van der Waals surface area contributed by atoms with Crippen molar-refractivity contribution in [2.24, 2.45) is 11.7 Å². The highest BCUT2D eigenvalue weighted by Gasteiger charge is 2.24. The molecule has 13 heavy (non-hydrogen) atoms. The number of nitrogens with two attached hydrogens (primary N) is 1. The minimum atomic E-state index is -0.833. The van der Waals surface area contributed by atoms with Crippen molar-refractivity contribution in [1.82, 2.24) is 4.90 Å². The largest absolute Gasteiger partial charge is 0.481 e. The molecule has 0 saturated heterocycles. The molecule has 0 aliphatic carbocycles. The van der Waals surface area contributed by atoms with Crippen molar-refractivity contribution in [2.45, 2.75) is 32.4 Å². The third kappa shape index (κ3) is 4.24. The van der Waals surface area contributed by atoms with E-state index in [0.717, 1.165) is 0 Å². The molecule has 0 saturated carbocycles. The van der Waals surface area contributed by atoms with E-state index in [1.54, 1.807) is 0 Å². The van der Waals surface area contributed by atoms with E-state index < -0.39 is 5.97 Å². The smallest absolute Gasteiger partial charge is 0.304 e. The molecule has 4 nitrogen and oxygen atoms in total. The molecule has 0 fully saturated rings. The van der Waals surface area contributed by atoms with E-state index in [0.29, 0.717) is 5.92 Å². The maximum atomic E-state index is 10.5. The Morgan fingerprint density at radius 3 is 2.15 bits per heavy atom. The molecule has 0 aliphatic heterocycles. The van der Waals surface area contributed by atoms with Gasteiger partial charge < -0.3 is 15.7 Å². The average molecular weight is 188 g/mol. The van der Waals surface area contributed by atoms with Crippen LogP contribution in [0.5, 0.6) is 0 Å². The van der Waals surface area contributed by atoms with E-state index in [1.165, 1.54) is 0 Å². The van der Waals surface area contributed by atoms with Gasteiger partial charge in [-0.25, -0.2) is 0 Å². The maximum absolute atomic E-state index is 10.5. The summed E-state index contributed by atoms with van der Waals surface area (Å²) in [6.07, 6.45) is 0.0288. The minimum Gasteiger partial charge on any atom is -0.481 e. The van der Waals surface area contributed by atoms with Gasteiger partial charge in [-0.15, -0.1) is 0 Å². The number of carboxylic acids is 1. The number of hydrogen-bond donors (Lipinski definition) is 2. The SMILES string of the molecule is CC(C)C(C(N)CC(=O)O)N(C)C. The topological polar surface area (TPSA) is 66.6 Å². The predicted molar refractivity (Wildman–Crippen MR) is 52.5 cm³/mol. The molecule has 2 atom stereocenters. The summed E-state index contributed by atoms with van der Waals surface area (Å²) in [7, 11) is 3.85. The summed E-state index contributed by atoms with van der Waals surface area (Å²) >= 11 is 0. The van der Waals surface area contributed by atoms with Crippen LogP contribution in [0.4, 0.5) is 0 Å². The molecule has 0 aromatic carbocycles. The fourth-order valence-electron chi connectivity index (χ4n) is 1.80. The van der Waals surface area contributed by atoms with E-state index >= 15 is 0 Å². The summed E-state index contributed by atoms with van der Waals surface area (Å²) in [5, 5.41) is 8.60. The average Bonchev–Trinajstić information content (AvgIpc) is 1.81. The minimum absolute atomic E-state index is 0.0288. The Balaban J connectivity index is 4.28. The lowest BCUT2D eigenvalue weighted by Crippen LogP contribution is -2.48. The molecule has 0 aliphatic rings. The van der Waals surface area contributed by atoms with E-state index in [4.69, 9.17) is 10.8 Å². The van der Waals surface area contributed by atoms with Crippen LogP contribution >= 0.6 is 0 Å². The molecule has 4 heteroatoms. The Bertz CT molecular complexity index is 161. The lowest BCUT2D eigenvalue weighted by atomic mass is 9.94. The number of carboxylic acid groups (broad SMARTS) is 1. The first-order valence-electron chi connectivity index (χ1n) is 4.50. The van der Waals surface area contributed by atoms with Crippen LogP contribution in [-0.4, -0.2) is 42.2 Å². The summed E-state index contributed by atoms with van der Waals surface area (Å²) in [6, 6.07) is -0.177. The van der Waals surface area contributed by atoms with Gasteiger partial charge in [0.1, 0.15) is 0 Å². The lowest BCUT2D eigenvalue weighted by Gasteiger charge is -2.32. The van der Waals surface area contributed by atoms with Crippen LogP contribution in [0.15, 0.2) is 0 Å². The van der Waals surface area contributed by atoms with E-state index in [2.05, 4.69) is 0 Å². The zero-order valence-electron chi connectivity index (χ0n) is 8.82. The fourth-order valence-corrected chi connectivity index (χ4v) is 1.80. The van der Waals surface area contributed by atoms with Gasteiger partial charge in [-0.2, -0.15) is 0 Å². The van der Waals surface area contributed by atoms with Crippen LogP contribution in [0, 0.1) is 5.92 Å². The first-order valence-corrected chi connectivity index (χ1v) is 4.50. The van der Waals surface area contributed by atoms with Crippen LogP contribution in [0.2, 0.25) is 0 Å². The molecule has 0 rings (SSSR count). The number of nitrogens with zero attached hydrogens (tertiary/aromatic N) is 1. The predicted octanol–water partition coefficient (Wildman–Crippen LogP) is 0.375. The zero-order valence-corrected chi connectivity index (χ0v) is 8.82. The highest BCUT2D eigenvalue weighted by atomic mass is 16.4. The fraction of sp³-hybridized carbons (Fsp3) is 0.889. The number of carbonyl (C=O) groups is 1. The molecular formula is C9H20N2O2. The second-order valence-electron chi connectivity index (χ2n) is 3.96. The van der Waals surface area contributed by atoms with Crippen molar-refractivity contribution >= 4 is 5.97 Å². The second-order valence-corrected chi connectivity index (χ2v) is 3.96. The number of aliphatic carboxylic acids is 1. The van der Waals surface area contributed by atoms with Gasteiger partial charge >= 0.3 is 5.97 Å². The molecule has 0 spiro atoms. The molecule has 2 unspecified atom stereocenters. The Morgan fingerprint density at radius 1 is 1.46 bits per heavy atom. The first kappa shape index (κ1) is 12.4. The second kappa shape index (κ2) is 5.19. The van der Waals surface area contributed by atoms with Gasteiger partial charge in [-0.3, -0.25) is 4.79 Å². The summed E-state index contributed by atoms with van der Waals surface area (Å²) in [6.45, 7) is 4.10. The van der Waals surface area contributed by atoms with Gasteiger partial charge in [-0.05, 0) is 20.0 Å². The standard InChI is InChI=1S/C9H20N2O2/c1-6(2)9(11(3)4)7(10)5-8(12)13/h6-7,9H,5,10H2,1-4H3,(H,12,13). The number of hydrogen-bond acceptors (Lipinski definition) is 3. The van der Waals surface area contributed by atoms with Gasteiger partial charge in [0.05, 0.1) is 6.42 Å². The van der Waals surface area contributed by atoms with E-state index in [-0.39, 0.29) is 18.5 Å². The van der Waals surface area contributed by atoms with Gasteiger partial charge in [0.15, 0.2) is 0 Å². The highest BCUT2D eigenvalue weighted by molar-refractivity contribution is 5.67. The lowest BCUT2D eigenvalue weighted by molar-refractivity contribution is -0.137. The normalized spacial score (nSPS) is 16.2. The van der Waals surface area contributed by atoms with Crippen LogP contribution in [0.25, 0.3) is 0 Å². The molecule has 3 N–H and O–H groups in total. The monoisotopic (exact) mass is 188 g/mol. The zero-order chi connectivity index (χ0) is 10.6. The van der Waals surface area contributed by atoms with E-state index in [9.17, 15) is 4.79 Å². The molecular weight excluding hydrogens is 168 g/mol. The molecule has 0 radical (unpaired) electrons. The number of likely N-dealkylation sites (N-methyl/N-ethyl adjacent to an activating group) is 1. The third-order valence-electron chi connectivity index (χ3n) is 2.13. The Morgan fingerprint density at radius 2 is 1.92 bits per heavy atom. The summed E-state index contributed by atoms with van der Waals surface area (Å²) in [4.78, 5) is 12.4. The van der Waals surface area contributed by atoms with Crippen molar-refractivity contribution in [3.63, 3.8) is 0 Å². The van der Waals surface area contributed by atoms with Gasteiger partial charge in [0.2, 0.25) is 0 Å². The van der Waals surface area contributed by atoms with Gasteiger partial charge in [0.25, 0.3) is 0 Å². The van der Waals surface area contributed by atoms with Gasteiger partial charge in [-0.1, -0.05) is 13.8 Å². The molecule has 0 aromatic heterocycles. The van der Waals surface area contributed by atoms with Crippen molar-refractivity contribution < 1.29 is 9.90 Å². The summed E-state index contributed by atoms with van der Waals surface area (Å²) < 4.78 is 0. The quantitative estimate of drug-likeness (QED) is 0.654. The Hall–Kier alpha value is -0.610. The number of rotatable bonds is 5. The van der Waals surface area contributed by atoms with Crippen molar-refractivity contribution in [3.8, 4) is 0 Å². The van der Waals surface area contributed by atoms with Crippen LogP contribution < -0.4 is 5.73 Å². The molecule has 0 heterocycles. The third-order valence-corrected chi connectivity index (χ3v) is 2.13. The van der Waals surface area contributed by atoms with Crippen LogP contribution in [-0.2, 0) is 4.79 Å². The van der Waals surface area contributed by atoms with E-state index in [1.807, 2.05) is 32.8 Å².